The SMILES string of the molecule is Cc1cc(C(=O)Nc2nc3ccc(OC4CCNC4=O)c(Cl)c3n2C2CCCCN(C(=O)OC(C)(C)C)C2)ccn1. The first kappa shape index (κ1) is 28.7. The number of hydrogen-bond donors (Lipinski definition) is 2. The molecule has 41 heavy (non-hydrogen) atoms. The van der Waals surface area contributed by atoms with Gasteiger partial charge in [0.25, 0.3) is 11.8 Å². The first-order valence-corrected chi connectivity index (χ1v) is 14.2. The van der Waals surface area contributed by atoms with E-state index in [2.05, 4.69) is 15.6 Å². The van der Waals surface area contributed by atoms with Gasteiger partial charge >= 0.3 is 6.09 Å². The van der Waals surface area contributed by atoms with Crippen molar-refractivity contribution < 1.29 is 23.9 Å². The smallest absolute Gasteiger partial charge is 0.410 e. The van der Waals surface area contributed by atoms with Crippen molar-refractivity contribution in [2.75, 3.05) is 25.0 Å². The third-order valence-electron chi connectivity index (χ3n) is 7.07. The van der Waals surface area contributed by atoms with Gasteiger partial charge in [0.05, 0.1) is 17.1 Å². The average Bonchev–Trinajstić information content (AvgIpc) is 3.38. The number of nitrogens with one attached hydrogen (secondary N) is 2. The lowest BCUT2D eigenvalue weighted by Crippen LogP contribution is -2.39. The number of ether oxygens (including phenoxy) is 2. The highest BCUT2D eigenvalue weighted by atomic mass is 35.5. The highest BCUT2D eigenvalue weighted by Gasteiger charge is 2.32. The van der Waals surface area contributed by atoms with Crippen molar-refractivity contribution in [3.8, 4) is 5.75 Å². The van der Waals surface area contributed by atoms with Crippen molar-refractivity contribution >= 4 is 46.5 Å². The van der Waals surface area contributed by atoms with Gasteiger partial charge in [0.1, 0.15) is 16.4 Å². The van der Waals surface area contributed by atoms with E-state index in [0.29, 0.717) is 66.5 Å². The predicted octanol–water partition coefficient (Wildman–Crippen LogP) is 4.87. The number of halogens is 1. The van der Waals surface area contributed by atoms with Gasteiger partial charge in [-0.15, -0.1) is 0 Å². The Kier molecular flexibility index (Phi) is 8.08. The number of amides is 3. The molecule has 0 radical (unpaired) electrons. The first-order chi connectivity index (χ1) is 19.5. The molecule has 3 aromatic rings. The van der Waals surface area contributed by atoms with Gasteiger partial charge in [-0.3, -0.25) is 19.9 Å². The molecule has 2 N–H and O–H groups in total. The number of carbonyl (C=O) groups excluding carboxylic acids is 3. The minimum Gasteiger partial charge on any atom is -0.479 e. The Labute approximate surface area is 243 Å². The normalized spacial score (nSPS) is 19.5. The lowest BCUT2D eigenvalue weighted by molar-refractivity contribution is -0.124. The fourth-order valence-corrected chi connectivity index (χ4v) is 5.48. The number of fused-ring (bicyclic) bond motifs is 1. The van der Waals surface area contributed by atoms with Gasteiger partial charge in [-0.25, -0.2) is 9.78 Å². The molecular weight excluding hydrogens is 548 g/mol. The Hall–Kier alpha value is -3.86. The van der Waals surface area contributed by atoms with Crippen LogP contribution in [0.3, 0.4) is 0 Å². The summed E-state index contributed by atoms with van der Waals surface area (Å²) in [6, 6.07) is 6.51. The number of likely N-dealkylation sites (tertiary alicyclic amines) is 1. The van der Waals surface area contributed by atoms with Crippen molar-refractivity contribution in [3.63, 3.8) is 0 Å². The van der Waals surface area contributed by atoms with Gasteiger partial charge in [-0.1, -0.05) is 11.6 Å². The highest BCUT2D eigenvalue weighted by molar-refractivity contribution is 6.36. The van der Waals surface area contributed by atoms with Crippen LogP contribution in [-0.4, -0.2) is 68.7 Å². The molecule has 2 aromatic heterocycles. The molecule has 218 valence electrons. The van der Waals surface area contributed by atoms with E-state index >= 15 is 0 Å². The van der Waals surface area contributed by atoms with Crippen LogP contribution in [0, 0.1) is 6.92 Å². The van der Waals surface area contributed by atoms with E-state index in [-0.39, 0.29) is 22.9 Å². The second-order valence-electron chi connectivity index (χ2n) is 11.5. The number of anilines is 1. The Balaban J connectivity index is 1.56. The quantitative estimate of drug-likeness (QED) is 0.439. The van der Waals surface area contributed by atoms with Crippen LogP contribution in [0.1, 0.15) is 68.5 Å². The molecule has 2 aliphatic rings. The van der Waals surface area contributed by atoms with E-state index < -0.39 is 17.8 Å². The number of aryl methyl sites for hydroxylation is 1. The molecule has 2 fully saturated rings. The van der Waals surface area contributed by atoms with Crippen LogP contribution < -0.4 is 15.4 Å². The fourth-order valence-electron chi connectivity index (χ4n) is 5.18. The number of benzene rings is 1. The van der Waals surface area contributed by atoms with Gasteiger partial charge in [-0.05, 0) is 71.2 Å². The molecule has 12 heteroatoms. The van der Waals surface area contributed by atoms with E-state index in [4.69, 9.17) is 26.1 Å². The zero-order valence-corrected chi connectivity index (χ0v) is 24.5. The van der Waals surface area contributed by atoms with Crippen molar-refractivity contribution in [1.82, 2.24) is 24.8 Å². The molecule has 4 heterocycles. The van der Waals surface area contributed by atoms with Crippen molar-refractivity contribution in [1.29, 1.82) is 0 Å². The summed E-state index contributed by atoms with van der Waals surface area (Å²) in [6.45, 7) is 8.75. The van der Waals surface area contributed by atoms with Crippen molar-refractivity contribution in [2.24, 2.45) is 0 Å². The first-order valence-electron chi connectivity index (χ1n) is 13.9. The Bertz CT molecular complexity index is 1480. The zero-order chi connectivity index (χ0) is 29.3. The molecular formula is C29H35ClN6O5. The summed E-state index contributed by atoms with van der Waals surface area (Å²) in [5.41, 5.74) is 1.62. The molecule has 2 atom stereocenters. The van der Waals surface area contributed by atoms with Crippen LogP contribution in [0.15, 0.2) is 30.5 Å². The Morgan fingerprint density at radius 3 is 2.68 bits per heavy atom. The summed E-state index contributed by atoms with van der Waals surface area (Å²) in [5.74, 6) is 0.114. The van der Waals surface area contributed by atoms with E-state index in [1.807, 2.05) is 32.3 Å². The minimum atomic E-state index is -0.643. The van der Waals surface area contributed by atoms with Gasteiger partial charge in [0, 0.05) is 43.5 Å². The number of rotatable bonds is 5. The maximum Gasteiger partial charge on any atom is 0.410 e. The molecule has 2 saturated heterocycles. The minimum absolute atomic E-state index is 0.188. The molecule has 1 aromatic carbocycles. The molecule has 2 aliphatic heterocycles. The number of nitrogens with zero attached hydrogens (tertiary/aromatic N) is 4. The molecule has 0 spiro atoms. The van der Waals surface area contributed by atoms with Crippen molar-refractivity contribution in [2.45, 2.75) is 71.1 Å². The van der Waals surface area contributed by atoms with Gasteiger partial charge in [0.2, 0.25) is 5.95 Å². The van der Waals surface area contributed by atoms with E-state index in [1.54, 1.807) is 35.4 Å². The number of imidazole rings is 1. The van der Waals surface area contributed by atoms with Crippen LogP contribution >= 0.6 is 11.6 Å². The second-order valence-corrected chi connectivity index (χ2v) is 11.8. The average molecular weight is 583 g/mol. The molecule has 0 bridgehead atoms. The summed E-state index contributed by atoms with van der Waals surface area (Å²) >= 11 is 6.96. The van der Waals surface area contributed by atoms with E-state index in [9.17, 15) is 14.4 Å². The fraction of sp³-hybridized carbons (Fsp3) is 0.483. The monoisotopic (exact) mass is 582 g/mol. The van der Waals surface area contributed by atoms with Crippen LogP contribution in [-0.2, 0) is 9.53 Å². The third-order valence-corrected chi connectivity index (χ3v) is 7.44. The lowest BCUT2D eigenvalue weighted by Gasteiger charge is -2.29. The topological polar surface area (TPSA) is 128 Å². The molecule has 11 nitrogen and oxygen atoms in total. The zero-order valence-electron chi connectivity index (χ0n) is 23.7. The van der Waals surface area contributed by atoms with Gasteiger partial charge < -0.3 is 24.3 Å². The van der Waals surface area contributed by atoms with Gasteiger partial charge in [-0.2, -0.15) is 0 Å². The summed E-state index contributed by atoms with van der Waals surface area (Å²) in [7, 11) is 0. The number of pyridine rings is 1. The number of aromatic nitrogens is 3. The lowest BCUT2D eigenvalue weighted by atomic mass is 10.1. The second kappa shape index (κ2) is 11.6. The van der Waals surface area contributed by atoms with Crippen LogP contribution in [0.5, 0.6) is 5.75 Å². The number of carbonyl (C=O) groups is 3. The van der Waals surface area contributed by atoms with E-state index in [1.165, 1.54) is 0 Å². The highest BCUT2D eigenvalue weighted by Crippen LogP contribution is 2.39. The Morgan fingerprint density at radius 2 is 1.98 bits per heavy atom. The van der Waals surface area contributed by atoms with Crippen LogP contribution in [0.2, 0.25) is 5.02 Å². The maximum atomic E-state index is 13.3. The largest absolute Gasteiger partial charge is 0.479 e. The Morgan fingerprint density at radius 1 is 1.17 bits per heavy atom. The standard InChI is InChI=1S/C29H35ClN6O5/c1-17-15-18(10-12-31-17)25(37)34-27-33-20-8-9-21(40-22-11-13-32-26(22)38)23(30)24(20)36(27)19-7-5-6-14-35(16-19)28(39)41-29(2,3)4/h8-10,12,15,19,22H,5-7,11,13-14,16H2,1-4H3,(H,32,38)(H,33,34,37). The summed E-state index contributed by atoms with van der Waals surface area (Å²) < 4.78 is 13.6. The maximum absolute atomic E-state index is 13.3. The summed E-state index contributed by atoms with van der Waals surface area (Å²) in [5, 5.41) is 6.01. The predicted molar refractivity (Wildman–Crippen MR) is 154 cm³/mol. The summed E-state index contributed by atoms with van der Waals surface area (Å²) in [4.78, 5) is 49.2. The molecule has 2 unspecified atom stereocenters. The molecule has 0 aliphatic carbocycles. The van der Waals surface area contributed by atoms with Crippen LogP contribution in [0.25, 0.3) is 11.0 Å². The van der Waals surface area contributed by atoms with E-state index in [0.717, 1.165) is 12.8 Å². The van der Waals surface area contributed by atoms with Crippen LogP contribution in [0.4, 0.5) is 10.7 Å². The molecule has 0 saturated carbocycles. The molecule has 5 rings (SSSR count). The molecule has 3 amide bonds. The van der Waals surface area contributed by atoms with Gasteiger partial charge in [0.15, 0.2) is 6.10 Å². The number of hydrogen-bond acceptors (Lipinski definition) is 7. The summed E-state index contributed by atoms with van der Waals surface area (Å²) in [6.07, 6.45) is 3.44. The van der Waals surface area contributed by atoms with Crippen molar-refractivity contribution in [3.05, 3.63) is 46.7 Å². The third kappa shape index (κ3) is 6.40.